The molecule has 2 rings (SSSR count). The summed E-state index contributed by atoms with van der Waals surface area (Å²) in [7, 11) is -3.78. The second-order valence-electron chi connectivity index (χ2n) is 4.40. The van der Waals surface area contributed by atoms with Crippen molar-refractivity contribution >= 4 is 38.7 Å². The zero-order chi connectivity index (χ0) is 14.9. The van der Waals surface area contributed by atoms with E-state index < -0.39 is 10.0 Å². The minimum absolute atomic E-state index is 0.0163. The molecule has 2 aromatic rings. The van der Waals surface area contributed by atoms with Gasteiger partial charge < -0.3 is 11.1 Å². The third-order valence-electron chi connectivity index (χ3n) is 2.75. The van der Waals surface area contributed by atoms with Crippen molar-refractivity contribution in [3.63, 3.8) is 0 Å². The molecule has 0 atom stereocenters. The van der Waals surface area contributed by atoms with Crippen molar-refractivity contribution in [2.45, 2.75) is 11.8 Å². The van der Waals surface area contributed by atoms with Crippen LogP contribution in [0.25, 0.3) is 0 Å². The molecule has 7 heteroatoms. The molecule has 0 radical (unpaired) electrons. The molecule has 0 amide bonds. The largest absolute Gasteiger partial charge is 0.397 e. The summed E-state index contributed by atoms with van der Waals surface area (Å²) in [5, 5.41) is 8.62. The van der Waals surface area contributed by atoms with Crippen LogP contribution in [0.15, 0.2) is 41.3 Å². The third kappa shape index (κ3) is 3.22. The van der Waals surface area contributed by atoms with E-state index in [9.17, 15) is 8.42 Å². The summed E-state index contributed by atoms with van der Waals surface area (Å²) in [6, 6.07) is 9.68. The van der Waals surface area contributed by atoms with Gasteiger partial charge in [-0.3, -0.25) is 0 Å². The summed E-state index contributed by atoms with van der Waals surface area (Å²) in [5.74, 6) is 0. The smallest absolute Gasteiger partial charge is 0.238 e. The summed E-state index contributed by atoms with van der Waals surface area (Å²) >= 11 is 6.12. The molecule has 5 nitrogen and oxygen atoms in total. The number of primary sulfonamides is 1. The first-order chi connectivity index (χ1) is 9.27. The highest BCUT2D eigenvalue weighted by atomic mass is 35.5. The molecule has 106 valence electrons. The van der Waals surface area contributed by atoms with E-state index in [1.165, 1.54) is 18.2 Å². The number of halogens is 1. The minimum atomic E-state index is -3.78. The van der Waals surface area contributed by atoms with Gasteiger partial charge in [-0.15, -0.1) is 0 Å². The molecular weight excluding hydrogens is 298 g/mol. The van der Waals surface area contributed by atoms with Gasteiger partial charge in [-0.2, -0.15) is 0 Å². The lowest BCUT2D eigenvalue weighted by molar-refractivity contribution is 0.598. The molecule has 0 aliphatic heterocycles. The Bertz CT molecular complexity index is 760. The highest BCUT2D eigenvalue weighted by molar-refractivity contribution is 7.89. The van der Waals surface area contributed by atoms with Crippen LogP contribution in [0, 0.1) is 6.92 Å². The molecule has 0 heterocycles. The first-order valence-electron chi connectivity index (χ1n) is 5.73. The van der Waals surface area contributed by atoms with Gasteiger partial charge in [0.25, 0.3) is 0 Å². The van der Waals surface area contributed by atoms with Crippen LogP contribution in [0.2, 0.25) is 5.02 Å². The van der Waals surface area contributed by atoms with Crippen molar-refractivity contribution in [2.24, 2.45) is 5.14 Å². The number of benzene rings is 2. The van der Waals surface area contributed by atoms with Crippen LogP contribution < -0.4 is 16.2 Å². The van der Waals surface area contributed by atoms with Crippen LogP contribution in [0.1, 0.15) is 5.56 Å². The lowest BCUT2D eigenvalue weighted by atomic mass is 10.2. The number of anilines is 3. The van der Waals surface area contributed by atoms with Crippen LogP contribution in [0.5, 0.6) is 0 Å². The van der Waals surface area contributed by atoms with Gasteiger partial charge in [0.2, 0.25) is 10.0 Å². The normalized spacial score (nSPS) is 11.3. The molecule has 0 aliphatic rings. The van der Waals surface area contributed by atoms with Crippen LogP contribution in [-0.4, -0.2) is 8.42 Å². The number of hydrogen-bond donors (Lipinski definition) is 3. The average Bonchev–Trinajstić information content (AvgIpc) is 2.33. The second kappa shape index (κ2) is 5.32. The maximum atomic E-state index is 11.3. The van der Waals surface area contributed by atoms with Crippen molar-refractivity contribution in [1.29, 1.82) is 0 Å². The van der Waals surface area contributed by atoms with E-state index in [2.05, 4.69) is 5.32 Å². The Morgan fingerprint density at radius 3 is 2.40 bits per heavy atom. The van der Waals surface area contributed by atoms with Crippen LogP contribution in [0.4, 0.5) is 17.1 Å². The van der Waals surface area contributed by atoms with Crippen LogP contribution in [-0.2, 0) is 10.0 Å². The molecule has 0 saturated heterocycles. The van der Waals surface area contributed by atoms with Gasteiger partial charge in [0.15, 0.2) is 0 Å². The van der Waals surface area contributed by atoms with Crippen molar-refractivity contribution in [3.05, 3.63) is 47.0 Å². The standard InChI is InChI=1S/C13H14ClN3O2S/c1-8-2-5-12(10(14)6-8)17-13-7-9(20(16,18)19)3-4-11(13)15/h2-7,17H,15H2,1H3,(H2,16,18,19). The molecule has 0 saturated carbocycles. The Kier molecular flexibility index (Phi) is 3.89. The van der Waals surface area contributed by atoms with Crippen molar-refractivity contribution in [1.82, 2.24) is 0 Å². The Labute approximate surface area is 122 Å². The third-order valence-corrected chi connectivity index (χ3v) is 3.97. The molecule has 0 unspecified atom stereocenters. The number of nitrogens with one attached hydrogen (secondary N) is 1. The Balaban J connectivity index is 2.43. The van der Waals surface area contributed by atoms with Crippen molar-refractivity contribution < 1.29 is 8.42 Å². The maximum absolute atomic E-state index is 11.3. The number of aryl methyl sites for hydroxylation is 1. The fourth-order valence-electron chi connectivity index (χ4n) is 1.69. The molecule has 0 aromatic heterocycles. The SMILES string of the molecule is Cc1ccc(Nc2cc(S(N)(=O)=O)ccc2N)c(Cl)c1. The summed E-state index contributed by atoms with van der Waals surface area (Å²) in [6.45, 7) is 1.92. The number of nitrogens with two attached hydrogens (primary N) is 2. The Hall–Kier alpha value is -1.76. The topological polar surface area (TPSA) is 98.2 Å². The van der Waals surface area contributed by atoms with Crippen LogP contribution in [0.3, 0.4) is 0 Å². The highest BCUT2D eigenvalue weighted by Gasteiger charge is 2.11. The Morgan fingerprint density at radius 2 is 1.80 bits per heavy atom. The van der Waals surface area contributed by atoms with E-state index in [0.717, 1.165) is 5.56 Å². The molecule has 0 aliphatic carbocycles. The zero-order valence-corrected chi connectivity index (χ0v) is 12.3. The lowest BCUT2D eigenvalue weighted by Gasteiger charge is -2.12. The van der Waals surface area contributed by atoms with Gasteiger partial charge in [-0.25, -0.2) is 13.6 Å². The lowest BCUT2D eigenvalue weighted by Crippen LogP contribution is -2.12. The van der Waals surface area contributed by atoms with Crippen molar-refractivity contribution in [3.8, 4) is 0 Å². The van der Waals surface area contributed by atoms with Crippen LogP contribution >= 0.6 is 11.6 Å². The van der Waals surface area contributed by atoms with E-state index in [-0.39, 0.29) is 4.90 Å². The molecule has 5 N–H and O–H groups in total. The minimum Gasteiger partial charge on any atom is -0.397 e. The van der Waals surface area contributed by atoms with Gasteiger partial charge in [0, 0.05) is 0 Å². The van der Waals surface area contributed by atoms with E-state index in [0.29, 0.717) is 22.1 Å². The number of nitrogen functional groups attached to an aromatic ring is 1. The molecule has 20 heavy (non-hydrogen) atoms. The molecule has 2 aromatic carbocycles. The highest BCUT2D eigenvalue weighted by Crippen LogP contribution is 2.30. The number of hydrogen-bond acceptors (Lipinski definition) is 4. The van der Waals surface area contributed by atoms with E-state index in [1.807, 2.05) is 13.0 Å². The van der Waals surface area contributed by atoms with E-state index in [1.54, 1.807) is 12.1 Å². The zero-order valence-electron chi connectivity index (χ0n) is 10.7. The monoisotopic (exact) mass is 311 g/mol. The van der Waals surface area contributed by atoms with Crippen molar-refractivity contribution in [2.75, 3.05) is 11.1 Å². The summed E-state index contributed by atoms with van der Waals surface area (Å²) < 4.78 is 22.7. The van der Waals surface area contributed by atoms with Gasteiger partial charge in [-0.1, -0.05) is 17.7 Å². The summed E-state index contributed by atoms with van der Waals surface area (Å²) in [4.78, 5) is -0.0163. The maximum Gasteiger partial charge on any atom is 0.238 e. The molecular formula is C13H14ClN3O2S. The predicted octanol–water partition coefficient (Wildman–Crippen LogP) is 2.62. The second-order valence-corrected chi connectivity index (χ2v) is 6.37. The van der Waals surface area contributed by atoms with Gasteiger partial charge in [0.1, 0.15) is 0 Å². The van der Waals surface area contributed by atoms with E-state index in [4.69, 9.17) is 22.5 Å². The quantitative estimate of drug-likeness (QED) is 0.759. The molecule has 0 fully saturated rings. The molecule has 0 bridgehead atoms. The first kappa shape index (κ1) is 14.6. The first-order valence-corrected chi connectivity index (χ1v) is 7.65. The van der Waals surface area contributed by atoms with Gasteiger partial charge in [0.05, 0.1) is 27.0 Å². The van der Waals surface area contributed by atoms with E-state index >= 15 is 0 Å². The molecule has 0 spiro atoms. The fraction of sp³-hybridized carbons (Fsp3) is 0.0769. The number of rotatable bonds is 3. The summed E-state index contributed by atoms with van der Waals surface area (Å²) in [6.07, 6.45) is 0. The fourth-order valence-corrected chi connectivity index (χ4v) is 2.51. The van der Waals surface area contributed by atoms with Gasteiger partial charge >= 0.3 is 0 Å². The Morgan fingerprint density at radius 1 is 1.10 bits per heavy atom. The van der Waals surface area contributed by atoms with Gasteiger partial charge in [-0.05, 0) is 42.8 Å². The average molecular weight is 312 g/mol. The summed E-state index contributed by atoms with van der Waals surface area (Å²) in [5.41, 5.74) is 8.30. The number of sulfonamides is 1. The predicted molar refractivity (Wildman–Crippen MR) is 81.7 cm³/mol.